The molecular weight excluding hydrogens is 290 g/mol. The van der Waals surface area contributed by atoms with Crippen LogP contribution in [0.1, 0.15) is 50.3 Å². The molecule has 126 valence electrons. The van der Waals surface area contributed by atoms with Gasteiger partial charge in [0.2, 0.25) is 0 Å². The molecule has 1 aliphatic rings. The van der Waals surface area contributed by atoms with Gasteiger partial charge in [-0.2, -0.15) is 0 Å². The maximum Gasteiger partial charge on any atom is 0.0372 e. The van der Waals surface area contributed by atoms with Crippen LogP contribution in [0.15, 0.2) is 48.5 Å². The summed E-state index contributed by atoms with van der Waals surface area (Å²) in [6.07, 6.45) is 6.01. The second kappa shape index (κ2) is 7.70. The molecule has 1 heteroatoms. The number of hydrogen-bond acceptors (Lipinski definition) is 1. The van der Waals surface area contributed by atoms with Crippen molar-refractivity contribution in [1.82, 2.24) is 0 Å². The van der Waals surface area contributed by atoms with Crippen LogP contribution in [0.3, 0.4) is 0 Å². The first-order valence-electron chi connectivity index (χ1n) is 9.28. The van der Waals surface area contributed by atoms with Crippen LogP contribution >= 0.6 is 0 Å². The quantitative estimate of drug-likeness (QED) is 0.620. The molecule has 1 nitrogen and oxygen atoms in total. The molecule has 3 rings (SSSR count). The van der Waals surface area contributed by atoms with Crippen molar-refractivity contribution in [2.24, 2.45) is 5.92 Å². The summed E-state index contributed by atoms with van der Waals surface area (Å²) >= 11 is 0. The van der Waals surface area contributed by atoms with Gasteiger partial charge in [0.05, 0.1) is 0 Å². The molecule has 1 saturated heterocycles. The largest absolute Gasteiger partial charge is 0.371 e. The lowest BCUT2D eigenvalue weighted by Crippen LogP contribution is -2.32. The average Bonchev–Trinajstić information content (AvgIpc) is 2.62. The first kappa shape index (κ1) is 16.8. The highest BCUT2D eigenvalue weighted by molar-refractivity contribution is 5.81. The summed E-state index contributed by atoms with van der Waals surface area (Å²) in [6.45, 7) is 9.16. The summed E-state index contributed by atoms with van der Waals surface area (Å²) in [6, 6.07) is 17.9. The second-order valence-corrected chi connectivity index (χ2v) is 7.15. The van der Waals surface area contributed by atoms with E-state index in [0.29, 0.717) is 0 Å². The van der Waals surface area contributed by atoms with Gasteiger partial charge in [-0.1, -0.05) is 56.3 Å². The van der Waals surface area contributed by atoms with Gasteiger partial charge in [-0.05, 0) is 66.5 Å². The zero-order chi connectivity index (χ0) is 16.9. The number of rotatable bonds is 4. The summed E-state index contributed by atoms with van der Waals surface area (Å²) in [7, 11) is 0. The molecule has 0 amide bonds. The maximum atomic E-state index is 2.54. The van der Waals surface area contributed by atoms with Crippen LogP contribution in [0.25, 0.3) is 11.6 Å². The van der Waals surface area contributed by atoms with E-state index in [-0.39, 0.29) is 0 Å². The number of hydrogen-bond donors (Lipinski definition) is 0. The molecule has 0 radical (unpaired) electrons. The Morgan fingerprint density at radius 2 is 1.83 bits per heavy atom. The Bertz CT molecular complexity index is 705. The van der Waals surface area contributed by atoms with Gasteiger partial charge in [-0.15, -0.1) is 0 Å². The zero-order valence-corrected chi connectivity index (χ0v) is 15.3. The smallest absolute Gasteiger partial charge is 0.0372 e. The summed E-state index contributed by atoms with van der Waals surface area (Å²) < 4.78 is 0. The Morgan fingerprint density at radius 3 is 2.58 bits per heavy atom. The molecule has 0 spiro atoms. The number of benzene rings is 2. The SMILES string of the molecule is CCc1cccc(/C=C(\C)c2cccc(N3CCC(C)CC3)c2)c1. The number of anilines is 1. The third kappa shape index (κ3) is 4.08. The van der Waals surface area contributed by atoms with Gasteiger partial charge in [0.15, 0.2) is 0 Å². The van der Waals surface area contributed by atoms with E-state index in [4.69, 9.17) is 0 Å². The minimum Gasteiger partial charge on any atom is -0.371 e. The lowest BCUT2D eigenvalue weighted by Gasteiger charge is -2.32. The van der Waals surface area contributed by atoms with Crippen molar-refractivity contribution < 1.29 is 0 Å². The van der Waals surface area contributed by atoms with E-state index in [2.05, 4.69) is 80.3 Å². The number of piperidine rings is 1. The van der Waals surface area contributed by atoms with Crippen molar-refractivity contribution in [3.63, 3.8) is 0 Å². The van der Waals surface area contributed by atoms with E-state index in [0.717, 1.165) is 12.3 Å². The maximum absolute atomic E-state index is 2.54. The van der Waals surface area contributed by atoms with Crippen LogP contribution in [0.2, 0.25) is 0 Å². The normalized spacial score (nSPS) is 16.5. The first-order valence-corrected chi connectivity index (χ1v) is 9.28. The van der Waals surface area contributed by atoms with Crippen molar-refractivity contribution in [1.29, 1.82) is 0 Å². The lowest BCUT2D eigenvalue weighted by atomic mass is 9.98. The van der Waals surface area contributed by atoms with Gasteiger partial charge < -0.3 is 4.90 Å². The Labute approximate surface area is 147 Å². The fourth-order valence-electron chi connectivity index (χ4n) is 3.45. The van der Waals surface area contributed by atoms with Gasteiger partial charge in [-0.25, -0.2) is 0 Å². The highest BCUT2D eigenvalue weighted by atomic mass is 15.1. The van der Waals surface area contributed by atoms with Crippen LogP contribution in [0.5, 0.6) is 0 Å². The van der Waals surface area contributed by atoms with E-state index in [1.807, 2.05) is 0 Å². The summed E-state index contributed by atoms with van der Waals surface area (Å²) in [5, 5.41) is 0. The van der Waals surface area contributed by atoms with E-state index in [1.165, 1.54) is 53.9 Å². The molecule has 0 unspecified atom stereocenters. The number of nitrogens with zero attached hydrogens (tertiary/aromatic N) is 1. The van der Waals surface area contributed by atoms with Gasteiger partial charge >= 0.3 is 0 Å². The highest BCUT2D eigenvalue weighted by Crippen LogP contribution is 2.27. The summed E-state index contributed by atoms with van der Waals surface area (Å²) in [5.41, 5.74) is 6.72. The molecule has 1 heterocycles. The molecule has 2 aromatic carbocycles. The second-order valence-electron chi connectivity index (χ2n) is 7.15. The Morgan fingerprint density at radius 1 is 1.08 bits per heavy atom. The van der Waals surface area contributed by atoms with Crippen molar-refractivity contribution in [3.05, 3.63) is 65.2 Å². The summed E-state index contributed by atoms with van der Waals surface area (Å²) in [5.74, 6) is 0.872. The van der Waals surface area contributed by atoms with Crippen molar-refractivity contribution in [2.75, 3.05) is 18.0 Å². The third-order valence-corrected chi connectivity index (χ3v) is 5.19. The Hall–Kier alpha value is -2.02. The zero-order valence-electron chi connectivity index (χ0n) is 15.3. The topological polar surface area (TPSA) is 3.24 Å². The molecule has 2 aromatic rings. The van der Waals surface area contributed by atoms with E-state index < -0.39 is 0 Å². The average molecular weight is 319 g/mol. The first-order chi connectivity index (χ1) is 11.7. The Kier molecular flexibility index (Phi) is 5.40. The number of allylic oxidation sites excluding steroid dienone is 1. The van der Waals surface area contributed by atoms with Crippen molar-refractivity contribution >= 4 is 17.3 Å². The van der Waals surface area contributed by atoms with Gasteiger partial charge in [-0.3, -0.25) is 0 Å². The molecule has 0 aliphatic carbocycles. The molecule has 0 atom stereocenters. The predicted octanol–water partition coefficient (Wildman–Crippen LogP) is 6.05. The molecule has 0 N–H and O–H groups in total. The van der Waals surface area contributed by atoms with Gasteiger partial charge in [0.1, 0.15) is 0 Å². The summed E-state index contributed by atoms with van der Waals surface area (Å²) in [4.78, 5) is 2.54. The molecule has 0 saturated carbocycles. The van der Waals surface area contributed by atoms with Crippen LogP contribution < -0.4 is 4.90 Å². The molecule has 1 aliphatic heterocycles. The molecule has 24 heavy (non-hydrogen) atoms. The van der Waals surface area contributed by atoms with Gasteiger partial charge in [0, 0.05) is 18.8 Å². The van der Waals surface area contributed by atoms with Crippen molar-refractivity contribution in [2.45, 2.75) is 40.0 Å². The monoisotopic (exact) mass is 319 g/mol. The predicted molar refractivity (Wildman–Crippen MR) is 106 cm³/mol. The van der Waals surface area contributed by atoms with Crippen LogP contribution in [0.4, 0.5) is 5.69 Å². The fourth-order valence-corrected chi connectivity index (χ4v) is 3.45. The van der Waals surface area contributed by atoms with Crippen LogP contribution in [-0.2, 0) is 6.42 Å². The minimum atomic E-state index is 0.872. The third-order valence-electron chi connectivity index (χ3n) is 5.19. The minimum absolute atomic E-state index is 0.872. The lowest BCUT2D eigenvalue weighted by molar-refractivity contribution is 0.438. The number of aryl methyl sites for hydroxylation is 1. The van der Waals surface area contributed by atoms with E-state index >= 15 is 0 Å². The molecule has 0 aromatic heterocycles. The molecule has 0 bridgehead atoms. The fraction of sp³-hybridized carbons (Fsp3) is 0.391. The molecule has 1 fully saturated rings. The standard InChI is InChI=1S/C23H29N/c1-4-20-7-5-8-21(16-20)15-19(3)22-9-6-10-23(17-22)24-13-11-18(2)12-14-24/h5-10,15-18H,4,11-14H2,1-3H3/b19-15+. The Balaban J connectivity index is 1.81. The van der Waals surface area contributed by atoms with E-state index in [9.17, 15) is 0 Å². The highest BCUT2D eigenvalue weighted by Gasteiger charge is 2.16. The van der Waals surface area contributed by atoms with Gasteiger partial charge in [0.25, 0.3) is 0 Å². The van der Waals surface area contributed by atoms with Crippen molar-refractivity contribution in [3.8, 4) is 0 Å². The van der Waals surface area contributed by atoms with E-state index in [1.54, 1.807) is 0 Å². The van der Waals surface area contributed by atoms with Crippen LogP contribution in [0, 0.1) is 5.92 Å². The molecular formula is C23H29N. The van der Waals surface area contributed by atoms with Crippen LogP contribution in [-0.4, -0.2) is 13.1 Å².